The van der Waals surface area contributed by atoms with Crippen LogP contribution < -0.4 is 11.5 Å². The number of rotatable bonds is 10. The number of nitrogens with two attached hydrogens (primary N) is 2. The summed E-state index contributed by atoms with van der Waals surface area (Å²) >= 11 is 11.0. The van der Waals surface area contributed by atoms with E-state index in [0.29, 0.717) is 23.2 Å². The quantitative estimate of drug-likeness (QED) is 0.384. The highest BCUT2D eigenvalue weighted by Gasteiger charge is 2.37. The largest absolute Gasteiger partial charge is 0.388 e. The maximum absolute atomic E-state index is 6.26. The first kappa shape index (κ1) is 24.3. The molecule has 0 amide bonds. The van der Waals surface area contributed by atoms with Crippen LogP contribution in [0.2, 0.25) is 0 Å². The third-order valence-corrected chi connectivity index (χ3v) is 6.59. The second kappa shape index (κ2) is 11.4. The van der Waals surface area contributed by atoms with Crippen LogP contribution in [0.15, 0.2) is 11.4 Å². The van der Waals surface area contributed by atoms with Gasteiger partial charge in [-0.05, 0) is 19.8 Å². The van der Waals surface area contributed by atoms with Crippen LogP contribution in [0.4, 0.5) is 0 Å². The highest BCUT2D eigenvalue weighted by molar-refractivity contribution is 7.81. The Morgan fingerprint density at radius 2 is 1.41 bits per heavy atom. The van der Waals surface area contributed by atoms with Gasteiger partial charge in [-0.25, -0.2) is 0 Å². The van der Waals surface area contributed by atoms with Gasteiger partial charge in [-0.3, -0.25) is 4.90 Å². The molecule has 0 atom stereocenters. The minimum absolute atomic E-state index is 0.0160. The molecule has 0 aromatic heterocycles. The predicted octanol–water partition coefficient (Wildman–Crippen LogP) is 1.32. The van der Waals surface area contributed by atoms with Gasteiger partial charge in [0.05, 0.1) is 37.8 Å². The standard InChI is InChI=1S/C20H37N5O2S2/c1-4-20(5-2,25-9-13-27-14-10-25)15-23(6-3)16(18(21)28)17(19(22)29)24-7-11-26-12-8-24/h4-15H2,1-3H3,(H2,21,28)(H2,22,29). The van der Waals surface area contributed by atoms with E-state index in [1.807, 2.05) is 0 Å². The molecule has 0 aromatic carbocycles. The molecule has 7 nitrogen and oxygen atoms in total. The van der Waals surface area contributed by atoms with Crippen molar-refractivity contribution in [3.63, 3.8) is 0 Å². The maximum Gasteiger partial charge on any atom is 0.122 e. The smallest absolute Gasteiger partial charge is 0.122 e. The Bertz CT molecular complexity index is 598. The molecule has 0 aliphatic carbocycles. The molecule has 2 fully saturated rings. The van der Waals surface area contributed by atoms with Crippen molar-refractivity contribution in [1.82, 2.24) is 14.7 Å². The normalized spacial score (nSPS) is 19.6. The molecule has 0 spiro atoms. The number of hydrogen-bond donors (Lipinski definition) is 2. The molecule has 9 heteroatoms. The van der Waals surface area contributed by atoms with E-state index in [9.17, 15) is 0 Å². The van der Waals surface area contributed by atoms with Gasteiger partial charge in [-0.1, -0.05) is 38.3 Å². The molecule has 2 aliphatic rings. The number of thiocarbonyl (C=S) groups is 2. The summed E-state index contributed by atoms with van der Waals surface area (Å²) in [5, 5.41) is 0. The number of morpholine rings is 2. The van der Waals surface area contributed by atoms with Gasteiger partial charge in [-0.2, -0.15) is 0 Å². The molecule has 2 rings (SSSR count). The van der Waals surface area contributed by atoms with Gasteiger partial charge >= 0.3 is 0 Å². The lowest BCUT2D eigenvalue weighted by molar-refractivity contribution is -0.0356. The highest BCUT2D eigenvalue weighted by Crippen LogP contribution is 2.29. The van der Waals surface area contributed by atoms with E-state index in [1.54, 1.807) is 0 Å². The van der Waals surface area contributed by atoms with E-state index in [0.717, 1.165) is 76.7 Å². The first-order valence-electron chi connectivity index (χ1n) is 10.6. The van der Waals surface area contributed by atoms with Gasteiger partial charge < -0.3 is 30.7 Å². The van der Waals surface area contributed by atoms with Gasteiger partial charge in [0.25, 0.3) is 0 Å². The van der Waals surface area contributed by atoms with Crippen LogP contribution in [0, 0.1) is 0 Å². The summed E-state index contributed by atoms with van der Waals surface area (Å²) in [6, 6.07) is 0. The summed E-state index contributed by atoms with van der Waals surface area (Å²) in [6.45, 7) is 14.4. The zero-order chi connectivity index (χ0) is 21.4. The second-order valence-corrected chi connectivity index (χ2v) is 8.45. The van der Waals surface area contributed by atoms with E-state index < -0.39 is 0 Å². The van der Waals surface area contributed by atoms with Crippen LogP contribution >= 0.6 is 24.4 Å². The summed E-state index contributed by atoms with van der Waals surface area (Å²) in [7, 11) is 0. The van der Waals surface area contributed by atoms with Crippen molar-refractivity contribution in [3.05, 3.63) is 11.4 Å². The van der Waals surface area contributed by atoms with Crippen molar-refractivity contribution in [1.29, 1.82) is 0 Å². The molecular weight excluding hydrogens is 406 g/mol. The van der Waals surface area contributed by atoms with Crippen LogP contribution in [0.5, 0.6) is 0 Å². The van der Waals surface area contributed by atoms with Gasteiger partial charge in [0.15, 0.2) is 0 Å². The van der Waals surface area contributed by atoms with Crippen molar-refractivity contribution >= 4 is 34.4 Å². The average molecular weight is 444 g/mol. The predicted molar refractivity (Wildman–Crippen MR) is 126 cm³/mol. The Kier molecular flexibility index (Phi) is 9.55. The summed E-state index contributed by atoms with van der Waals surface area (Å²) in [6.07, 6.45) is 2.06. The fraction of sp³-hybridized carbons (Fsp3) is 0.800. The third kappa shape index (κ3) is 5.79. The Hall–Kier alpha value is -1.00. The average Bonchev–Trinajstić information content (AvgIpc) is 2.74. The molecule has 4 N–H and O–H groups in total. The van der Waals surface area contributed by atoms with Crippen LogP contribution in [0.25, 0.3) is 0 Å². The minimum Gasteiger partial charge on any atom is -0.388 e. The van der Waals surface area contributed by atoms with E-state index >= 15 is 0 Å². The number of hydrogen-bond acceptors (Lipinski definition) is 7. The van der Waals surface area contributed by atoms with Crippen molar-refractivity contribution < 1.29 is 9.47 Å². The Morgan fingerprint density at radius 3 is 1.83 bits per heavy atom. The molecule has 2 saturated heterocycles. The zero-order valence-corrected chi connectivity index (χ0v) is 19.7. The zero-order valence-electron chi connectivity index (χ0n) is 18.1. The maximum atomic E-state index is 6.26. The number of likely N-dealkylation sites (N-methyl/N-ethyl adjacent to an activating group) is 1. The minimum atomic E-state index is 0.0160. The van der Waals surface area contributed by atoms with E-state index in [4.69, 9.17) is 45.4 Å². The molecule has 2 heterocycles. The Labute approximate surface area is 186 Å². The number of nitrogens with zero attached hydrogens (tertiary/aromatic N) is 3. The first-order valence-corrected chi connectivity index (χ1v) is 11.5. The van der Waals surface area contributed by atoms with Crippen LogP contribution in [0.3, 0.4) is 0 Å². The van der Waals surface area contributed by atoms with Gasteiger partial charge in [0.1, 0.15) is 9.98 Å². The van der Waals surface area contributed by atoms with E-state index in [2.05, 4.69) is 35.5 Å². The SMILES string of the molecule is CCN(CC(CC)(CC)N1CCOCC1)C(C(N)=S)=C(C(N)=S)N1CCOCC1. The molecule has 2 aliphatic heterocycles. The first-order chi connectivity index (χ1) is 13.9. The molecule has 166 valence electrons. The highest BCUT2D eigenvalue weighted by atomic mass is 32.1. The monoisotopic (exact) mass is 443 g/mol. The van der Waals surface area contributed by atoms with Crippen LogP contribution in [-0.2, 0) is 9.47 Å². The fourth-order valence-electron chi connectivity index (χ4n) is 4.39. The Morgan fingerprint density at radius 1 is 0.897 bits per heavy atom. The molecule has 0 radical (unpaired) electrons. The lowest BCUT2D eigenvalue weighted by Gasteiger charge is -2.48. The Balaban J connectivity index is 2.43. The van der Waals surface area contributed by atoms with Crippen molar-refractivity contribution in [2.45, 2.75) is 39.2 Å². The molecular formula is C20H37N5O2S2. The molecule has 0 saturated carbocycles. The lowest BCUT2D eigenvalue weighted by Crippen LogP contribution is -2.59. The van der Waals surface area contributed by atoms with Gasteiger partial charge in [-0.15, -0.1) is 0 Å². The van der Waals surface area contributed by atoms with Crippen LogP contribution in [-0.4, -0.2) is 95.9 Å². The summed E-state index contributed by atoms with van der Waals surface area (Å²) in [5.41, 5.74) is 14.0. The second-order valence-electron chi connectivity index (χ2n) is 7.57. The lowest BCUT2D eigenvalue weighted by atomic mass is 9.88. The van der Waals surface area contributed by atoms with Gasteiger partial charge in [0.2, 0.25) is 0 Å². The van der Waals surface area contributed by atoms with Crippen molar-refractivity contribution in [2.75, 3.05) is 65.7 Å². The molecule has 0 unspecified atom stereocenters. The van der Waals surface area contributed by atoms with Crippen molar-refractivity contribution in [3.8, 4) is 0 Å². The summed E-state index contributed by atoms with van der Waals surface area (Å²) < 4.78 is 11.1. The van der Waals surface area contributed by atoms with E-state index in [-0.39, 0.29) is 5.54 Å². The molecule has 29 heavy (non-hydrogen) atoms. The topological polar surface area (TPSA) is 80.2 Å². The van der Waals surface area contributed by atoms with Gasteiger partial charge in [0, 0.05) is 44.8 Å². The summed E-state index contributed by atoms with van der Waals surface area (Å²) in [5.74, 6) is 0. The van der Waals surface area contributed by atoms with Crippen LogP contribution in [0.1, 0.15) is 33.6 Å². The molecule has 0 aromatic rings. The molecule has 0 bridgehead atoms. The number of ether oxygens (including phenoxy) is 2. The van der Waals surface area contributed by atoms with E-state index in [1.165, 1.54) is 0 Å². The summed E-state index contributed by atoms with van der Waals surface area (Å²) in [4.78, 5) is 7.67. The third-order valence-electron chi connectivity index (χ3n) is 6.20. The fourth-order valence-corrected chi connectivity index (χ4v) is 4.85. The van der Waals surface area contributed by atoms with Crippen molar-refractivity contribution in [2.24, 2.45) is 11.5 Å².